The molecule has 0 saturated heterocycles. The van der Waals surface area contributed by atoms with Crippen LogP contribution in [0.5, 0.6) is 0 Å². The molecule has 0 nitrogen and oxygen atoms in total. The Hall–Kier alpha value is -7.32. The molecule has 1 aromatic heterocycles. The van der Waals surface area contributed by atoms with Gasteiger partial charge in [0.1, 0.15) is 0 Å². The molecule has 0 aliphatic heterocycles. The lowest BCUT2D eigenvalue weighted by Gasteiger charge is -2.24. The zero-order valence-electron chi connectivity index (χ0n) is 36.9. The van der Waals surface area contributed by atoms with E-state index in [1.54, 1.807) is 0 Å². The van der Waals surface area contributed by atoms with Gasteiger partial charge in [0.25, 0.3) is 0 Å². The predicted molar refractivity (Wildman–Crippen MR) is 281 cm³/mol. The Balaban J connectivity index is 0.896. The van der Waals surface area contributed by atoms with Gasteiger partial charge in [-0.25, -0.2) is 0 Å². The van der Waals surface area contributed by atoms with E-state index in [-0.39, 0.29) is 10.8 Å². The summed E-state index contributed by atoms with van der Waals surface area (Å²) in [6.07, 6.45) is 0. The van der Waals surface area contributed by atoms with Gasteiger partial charge in [-0.15, -0.1) is 11.3 Å². The van der Waals surface area contributed by atoms with Crippen molar-refractivity contribution in [2.45, 2.75) is 38.5 Å². The monoisotopic (exact) mass is 844 g/mol. The van der Waals surface area contributed by atoms with Gasteiger partial charge in [0.05, 0.1) is 0 Å². The molecule has 65 heavy (non-hydrogen) atoms. The summed E-state index contributed by atoms with van der Waals surface area (Å²) in [7, 11) is 0. The molecular weight excluding hydrogens is 801 g/mol. The van der Waals surface area contributed by atoms with E-state index in [4.69, 9.17) is 0 Å². The molecule has 2 aliphatic rings. The maximum absolute atomic E-state index is 2.49. The zero-order valence-corrected chi connectivity index (χ0v) is 37.7. The summed E-state index contributed by atoms with van der Waals surface area (Å²) < 4.78 is 2.72. The first-order chi connectivity index (χ1) is 31.8. The Kier molecular flexibility index (Phi) is 7.49. The normalized spacial score (nSPS) is 14.4. The minimum absolute atomic E-state index is 0.117. The lowest BCUT2D eigenvalue weighted by Crippen LogP contribution is -2.15. The summed E-state index contributed by atoms with van der Waals surface area (Å²) in [4.78, 5) is 0. The van der Waals surface area contributed by atoms with E-state index in [2.05, 4.69) is 222 Å². The van der Waals surface area contributed by atoms with Crippen LogP contribution in [0.15, 0.2) is 194 Å². The molecule has 11 aromatic carbocycles. The van der Waals surface area contributed by atoms with Gasteiger partial charge in [-0.05, 0) is 151 Å². The average Bonchev–Trinajstić information content (AvgIpc) is 3.92. The summed E-state index contributed by atoms with van der Waals surface area (Å²) in [6.45, 7) is 9.65. The fourth-order valence-electron chi connectivity index (χ4n) is 12.4. The van der Waals surface area contributed by atoms with Crippen molar-refractivity contribution in [2.75, 3.05) is 0 Å². The van der Waals surface area contributed by atoms with Crippen molar-refractivity contribution in [3.63, 3.8) is 0 Å². The molecular formula is C64H44S. The van der Waals surface area contributed by atoms with Crippen molar-refractivity contribution in [3.05, 3.63) is 216 Å². The van der Waals surface area contributed by atoms with Crippen LogP contribution in [0.3, 0.4) is 0 Å². The number of fused-ring (bicyclic) bond motifs is 15. The summed E-state index contributed by atoms with van der Waals surface area (Å²) in [5, 5.41) is 13.2. The van der Waals surface area contributed by atoms with Crippen LogP contribution in [0, 0.1) is 0 Å². The van der Waals surface area contributed by atoms with Crippen LogP contribution in [0.2, 0.25) is 0 Å². The van der Waals surface area contributed by atoms with E-state index in [1.807, 2.05) is 11.3 Å². The second-order valence-corrected chi connectivity index (χ2v) is 20.6. The van der Waals surface area contributed by atoms with Crippen LogP contribution >= 0.6 is 11.3 Å². The fraction of sp³-hybridized carbons (Fsp3) is 0.0938. The van der Waals surface area contributed by atoms with Crippen molar-refractivity contribution < 1.29 is 0 Å². The van der Waals surface area contributed by atoms with Crippen molar-refractivity contribution in [2.24, 2.45) is 0 Å². The lowest BCUT2D eigenvalue weighted by atomic mass is 9.79. The number of rotatable bonds is 3. The molecule has 0 fully saturated rings. The molecule has 14 rings (SSSR count). The number of hydrogen-bond acceptors (Lipinski definition) is 1. The molecule has 0 N–H and O–H groups in total. The number of hydrogen-bond donors (Lipinski definition) is 0. The van der Waals surface area contributed by atoms with Gasteiger partial charge >= 0.3 is 0 Å². The zero-order chi connectivity index (χ0) is 43.3. The molecule has 2 aliphatic carbocycles. The van der Waals surface area contributed by atoms with Crippen molar-refractivity contribution in [1.82, 2.24) is 0 Å². The minimum atomic E-state index is -0.150. The number of thiophene rings is 1. The molecule has 0 unspecified atom stereocenters. The van der Waals surface area contributed by atoms with Gasteiger partial charge in [-0.3, -0.25) is 0 Å². The van der Waals surface area contributed by atoms with Crippen molar-refractivity contribution in [1.29, 1.82) is 0 Å². The van der Waals surface area contributed by atoms with E-state index < -0.39 is 0 Å². The first kappa shape index (κ1) is 37.1. The van der Waals surface area contributed by atoms with Gasteiger partial charge in [0.2, 0.25) is 0 Å². The Morgan fingerprint density at radius 3 is 1.63 bits per heavy atom. The van der Waals surface area contributed by atoms with E-state index in [9.17, 15) is 0 Å². The molecule has 0 spiro atoms. The topological polar surface area (TPSA) is 0 Å². The molecule has 12 aromatic rings. The first-order valence-corrected chi connectivity index (χ1v) is 23.8. The highest BCUT2D eigenvalue weighted by Gasteiger charge is 2.39. The van der Waals surface area contributed by atoms with Gasteiger partial charge in [0.15, 0.2) is 0 Å². The average molecular weight is 845 g/mol. The third-order valence-corrected chi connectivity index (χ3v) is 16.6. The molecule has 0 amide bonds. The van der Waals surface area contributed by atoms with E-state index in [0.717, 1.165) is 0 Å². The molecule has 1 heteroatoms. The lowest BCUT2D eigenvalue weighted by molar-refractivity contribution is 0.660. The highest BCUT2D eigenvalue weighted by atomic mass is 32.1. The summed E-state index contributed by atoms with van der Waals surface area (Å²) in [6, 6.07) is 73.8. The Morgan fingerprint density at radius 2 is 0.862 bits per heavy atom. The Bertz CT molecular complexity index is 4000. The molecule has 0 saturated carbocycles. The van der Waals surface area contributed by atoms with Crippen molar-refractivity contribution >= 4 is 74.6 Å². The minimum Gasteiger partial charge on any atom is -0.135 e. The first-order valence-electron chi connectivity index (χ1n) is 23.0. The largest absolute Gasteiger partial charge is 0.135 e. The second-order valence-electron chi connectivity index (χ2n) is 19.5. The summed E-state index contributed by atoms with van der Waals surface area (Å²) in [5.74, 6) is 0. The van der Waals surface area contributed by atoms with Crippen molar-refractivity contribution in [3.8, 4) is 55.6 Å². The molecule has 0 radical (unpaired) electrons. The second kappa shape index (κ2) is 13.1. The maximum atomic E-state index is 2.49. The van der Waals surface area contributed by atoms with Crippen LogP contribution in [0.1, 0.15) is 49.9 Å². The van der Waals surface area contributed by atoms with Crippen LogP contribution in [0.4, 0.5) is 0 Å². The standard InChI is InChI=1S/C64H44S/c1-63(2)54-32-26-40(59-44-17-7-9-19-46(44)60(47-20-10-8-18-45(47)59)43-22-13-15-37-14-5-6-16-41(37)43)35-52(54)42-27-24-39(36-56(42)63)38-25-31-55-53(34-38)50-29-28-48-49(62(50)64(55,3)4)30-33-58-61(48)51-21-11-12-23-57(51)65-58/h5-36H,1-4H3. The fourth-order valence-corrected chi connectivity index (χ4v) is 13.5. The van der Waals surface area contributed by atoms with Gasteiger partial charge in [0, 0.05) is 31.0 Å². The maximum Gasteiger partial charge on any atom is 0.0361 e. The van der Waals surface area contributed by atoms with Crippen LogP contribution < -0.4 is 0 Å². The van der Waals surface area contributed by atoms with E-state index in [1.165, 1.54) is 141 Å². The molecule has 0 atom stereocenters. The summed E-state index contributed by atoms with van der Waals surface area (Å²) in [5.41, 5.74) is 18.4. The number of benzene rings is 11. The highest BCUT2D eigenvalue weighted by Crippen LogP contribution is 2.56. The summed E-state index contributed by atoms with van der Waals surface area (Å²) >= 11 is 1.90. The van der Waals surface area contributed by atoms with Gasteiger partial charge in [-0.1, -0.05) is 191 Å². The Morgan fingerprint density at radius 1 is 0.308 bits per heavy atom. The van der Waals surface area contributed by atoms with Crippen LogP contribution in [-0.2, 0) is 10.8 Å². The molecule has 1 heterocycles. The van der Waals surface area contributed by atoms with Crippen LogP contribution in [-0.4, -0.2) is 0 Å². The quantitative estimate of drug-likeness (QED) is 0.155. The smallest absolute Gasteiger partial charge is 0.0361 e. The third kappa shape index (κ3) is 5.02. The molecule has 0 bridgehead atoms. The predicted octanol–water partition coefficient (Wildman–Crippen LogP) is 18.3. The van der Waals surface area contributed by atoms with E-state index in [0.29, 0.717) is 0 Å². The molecule has 306 valence electrons. The van der Waals surface area contributed by atoms with Gasteiger partial charge in [-0.2, -0.15) is 0 Å². The third-order valence-electron chi connectivity index (χ3n) is 15.4. The van der Waals surface area contributed by atoms with E-state index >= 15 is 0 Å². The van der Waals surface area contributed by atoms with Crippen LogP contribution in [0.25, 0.3) is 119 Å². The SMILES string of the molecule is CC1(C)c2ccc(-c3c4ccccc4c(-c4cccc5ccccc45)c4ccccc34)cc2-c2ccc(-c3ccc4c(c3)-c3ccc5c(ccc6sc7ccccc7c65)c3C4(C)C)cc21. The van der Waals surface area contributed by atoms with Gasteiger partial charge < -0.3 is 0 Å². The Labute approximate surface area is 383 Å². The highest BCUT2D eigenvalue weighted by molar-refractivity contribution is 7.26.